The van der Waals surface area contributed by atoms with Gasteiger partial charge >= 0.3 is 0 Å². The molecule has 0 aromatic heterocycles. The predicted molar refractivity (Wildman–Crippen MR) is 86.3 cm³/mol. The van der Waals surface area contributed by atoms with Crippen LogP contribution in [-0.4, -0.2) is 17.3 Å². The van der Waals surface area contributed by atoms with Crippen molar-refractivity contribution in [1.29, 1.82) is 5.26 Å². The van der Waals surface area contributed by atoms with Crippen LogP contribution in [0.25, 0.3) is 0 Å². The molecule has 106 valence electrons. The molecule has 2 atom stereocenters. The molecule has 0 radical (unpaired) electrons. The number of fused-ring (bicyclic) bond motifs is 1. The van der Waals surface area contributed by atoms with Gasteiger partial charge in [-0.2, -0.15) is 5.26 Å². The monoisotopic (exact) mass is 307 g/mol. The molecular formula is C15H18ClN3S. The molecule has 1 aliphatic carbocycles. The molecule has 3 rings (SSSR count). The van der Waals surface area contributed by atoms with Gasteiger partial charge < -0.3 is 5.32 Å². The number of amidine groups is 1. The zero-order valence-corrected chi connectivity index (χ0v) is 12.8. The van der Waals surface area contributed by atoms with E-state index in [4.69, 9.17) is 10.3 Å². The Balaban J connectivity index is 0.00000147. The van der Waals surface area contributed by atoms with Crippen LogP contribution in [0, 0.1) is 11.3 Å². The third-order valence-corrected chi connectivity index (χ3v) is 4.75. The molecule has 5 heteroatoms. The van der Waals surface area contributed by atoms with Crippen molar-refractivity contribution in [2.24, 2.45) is 4.99 Å². The lowest BCUT2D eigenvalue weighted by Crippen LogP contribution is -2.36. The number of nitriles is 1. The molecular weight excluding hydrogens is 290 g/mol. The number of hydrogen-bond acceptors (Lipinski definition) is 4. The normalized spacial score (nSPS) is 23.9. The Morgan fingerprint density at radius 3 is 2.70 bits per heavy atom. The third kappa shape index (κ3) is 3.47. The van der Waals surface area contributed by atoms with Gasteiger partial charge in [-0.05, 0) is 30.5 Å². The summed E-state index contributed by atoms with van der Waals surface area (Å²) in [7, 11) is 0. The van der Waals surface area contributed by atoms with E-state index in [1.807, 2.05) is 24.3 Å². The second-order valence-electron chi connectivity index (χ2n) is 5.13. The molecule has 1 aromatic carbocycles. The number of aliphatic imine (C=N–C) groups is 1. The summed E-state index contributed by atoms with van der Waals surface area (Å²) in [6, 6.07) is 11.0. The van der Waals surface area contributed by atoms with Crippen molar-refractivity contribution in [3.8, 4) is 6.07 Å². The molecule has 1 heterocycles. The van der Waals surface area contributed by atoms with Crippen LogP contribution in [0.4, 0.5) is 0 Å². The Bertz CT molecular complexity index is 521. The van der Waals surface area contributed by atoms with Gasteiger partial charge in [0.25, 0.3) is 0 Å². The molecule has 0 amide bonds. The summed E-state index contributed by atoms with van der Waals surface area (Å²) in [4.78, 5) is 4.77. The van der Waals surface area contributed by atoms with E-state index in [0.29, 0.717) is 12.1 Å². The Hall–Kier alpha value is -1.18. The second kappa shape index (κ2) is 7.01. The van der Waals surface area contributed by atoms with E-state index < -0.39 is 0 Å². The Labute approximate surface area is 130 Å². The van der Waals surface area contributed by atoms with Gasteiger partial charge in [0.1, 0.15) is 0 Å². The number of nitrogens with one attached hydrogen (secondary N) is 1. The summed E-state index contributed by atoms with van der Waals surface area (Å²) in [6.45, 7) is 0. The zero-order chi connectivity index (χ0) is 13.1. The van der Waals surface area contributed by atoms with Gasteiger partial charge in [0.15, 0.2) is 5.17 Å². The first-order chi connectivity index (χ1) is 9.35. The van der Waals surface area contributed by atoms with E-state index in [9.17, 15) is 0 Å². The Kier molecular flexibility index (Phi) is 5.33. The predicted octanol–water partition coefficient (Wildman–Crippen LogP) is 3.48. The van der Waals surface area contributed by atoms with Crippen LogP contribution in [0.15, 0.2) is 29.3 Å². The van der Waals surface area contributed by atoms with Crippen molar-refractivity contribution in [2.75, 3.05) is 0 Å². The van der Waals surface area contributed by atoms with Crippen LogP contribution in [-0.2, 0) is 5.75 Å². The summed E-state index contributed by atoms with van der Waals surface area (Å²) in [5, 5.41) is 13.4. The summed E-state index contributed by atoms with van der Waals surface area (Å²) in [5.41, 5.74) is 1.96. The van der Waals surface area contributed by atoms with Gasteiger partial charge in [-0.25, -0.2) is 0 Å². The van der Waals surface area contributed by atoms with E-state index in [1.54, 1.807) is 11.8 Å². The number of nitrogens with zero attached hydrogens (tertiary/aromatic N) is 2. The minimum Gasteiger partial charge on any atom is -0.360 e. The minimum atomic E-state index is 0. The standard InChI is InChI=1S/C15H17N3S.ClH/c16-9-11-5-7-12(8-6-11)10-19-15-17-13-3-1-2-4-14(13)18-15;/h5-8,13-14H,1-4,10H2,(H,17,18);1H. The van der Waals surface area contributed by atoms with Crippen molar-refractivity contribution >= 4 is 29.3 Å². The summed E-state index contributed by atoms with van der Waals surface area (Å²) >= 11 is 1.77. The van der Waals surface area contributed by atoms with Crippen LogP contribution in [0.2, 0.25) is 0 Å². The lowest BCUT2D eigenvalue weighted by atomic mass is 9.92. The molecule has 2 unspecified atom stereocenters. The highest BCUT2D eigenvalue weighted by Gasteiger charge is 2.30. The number of hydrogen-bond donors (Lipinski definition) is 1. The Morgan fingerprint density at radius 2 is 2.00 bits per heavy atom. The van der Waals surface area contributed by atoms with Gasteiger partial charge in [-0.3, -0.25) is 4.99 Å². The first-order valence-corrected chi connectivity index (χ1v) is 7.80. The molecule has 3 nitrogen and oxygen atoms in total. The topological polar surface area (TPSA) is 48.2 Å². The smallest absolute Gasteiger partial charge is 0.157 e. The van der Waals surface area contributed by atoms with E-state index in [0.717, 1.165) is 16.5 Å². The third-order valence-electron chi connectivity index (χ3n) is 3.78. The lowest BCUT2D eigenvalue weighted by molar-refractivity contribution is 0.385. The zero-order valence-electron chi connectivity index (χ0n) is 11.2. The first kappa shape index (κ1) is 15.2. The molecule has 1 N–H and O–H groups in total. The molecule has 0 saturated heterocycles. The molecule has 1 aromatic rings. The average Bonchev–Trinajstić information content (AvgIpc) is 2.88. The number of rotatable bonds is 2. The highest BCUT2D eigenvalue weighted by atomic mass is 35.5. The van der Waals surface area contributed by atoms with Crippen LogP contribution in [0.3, 0.4) is 0 Å². The summed E-state index contributed by atoms with van der Waals surface area (Å²) < 4.78 is 0. The number of benzene rings is 1. The highest BCUT2D eigenvalue weighted by molar-refractivity contribution is 8.13. The maximum absolute atomic E-state index is 8.77. The SMILES string of the molecule is Cl.N#Cc1ccc(CSC2=NC3CCCCC3N2)cc1. The van der Waals surface area contributed by atoms with Crippen molar-refractivity contribution < 1.29 is 0 Å². The van der Waals surface area contributed by atoms with Gasteiger partial charge in [0, 0.05) is 5.75 Å². The van der Waals surface area contributed by atoms with Crippen LogP contribution >= 0.6 is 24.2 Å². The van der Waals surface area contributed by atoms with Crippen molar-refractivity contribution in [3.63, 3.8) is 0 Å². The molecule has 20 heavy (non-hydrogen) atoms. The van der Waals surface area contributed by atoms with Crippen LogP contribution < -0.4 is 5.32 Å². The molecule has 1 aliphatic heterocycles. The maximum atomic E-state index is 8.77. The molecule has 0 bridgehead atoms. The average molecular weight is 308 g/mol. The van der Waals surface area contributed by atoms with Crippen molar-refractivity contribution in [3.05, 3.63) is 35.4 Å². The second-order valence-corrected chi connectivity index (χ2v) is 6.10. The van der Waals surface area contributed by atoms with Crippen LogP contribution in [0.1, 0.15) is 36.8 Å². The Morgan fingerprint density at radius 1 is 1.25 bits per heavy atom. The van der Waals surface area contributed by atoms with Crippen molar-refractivity contribution in [2.45, 2.75) is 43.5 Å². The molecule has 1 saturated carbocycles. The largest absolute Gasteiger partial charge is 0.360 e. The van der Waals surface area contributed by atoms with Gasteiger partial charge in [0.2, 0.25) is 0 Å². The van der Waals surface area contributed by atoms with Gasteiger partial charge in [0.05, 0.1) is 23.7 Å². The fourth-order valence-corrected chi connectivity index (χ4v) is 3.63. The van der Waals surface area contributed by atoms with E-state index in [-0.39, 0.29) is 12.4 Å². The quantitative estimate of drug-likeness (QED) is 0.910. The van der Waals surface area contributed by atoms with Crippen LogP contribution in [0.5, 0.6) is 0 Å². The van der Waals surface area contributed by atoms with Gasteiger partial charge in [-0.15, -0.1) is 12.4 Å². The van der Waals surface area contributed by atoms with E-state index in [1.165, 1.54) is 31.2 Å². The molecule has 2 aliphatic rings. The molecule has 1 fully saturated rings. The van der Waals surface area contributed by atoms with Crippen molar-refractivity contribution in [1.82, 2.24) is 5.32 Å². The summed E-state index contributed by atoms with van der Waals surface area (Å²) in [6.07, 6.45) is 5.14. The fourth-order valence-electron chi connectivity index (χ4n) is 2.69. The lowest BCUT2D eigenvalue weighted by Gasteiger charge is -2.23. The van der Waals surface area contributed by atoms with E-state index >= 15 is 0 Å². The van der Waals surface area contributed by atoms with E-state index in [2.05, 4.69) is 11.4 Å². The maximum Gasteiger partial charge on any atom is 0.157 e. The number of halogens is 1. The first-order valence-electron chi connectivity index (χ1n) is 6.81. The molecule has 0 spiro atoms. The summed E-state index contributed by atoms with van der Waals surface area (Å²) in [5.74, 6) is 0.914. The fraction of sp³-hybridized carbons (Fsp3) is 0.467. The number of thioether (sulfide) groups is 1. The minimum absolute atomic E-state index is 0. The van der Waals surface area contributed by atoms with Gasteiger partial charge in [-0.1, -0.05) is 36.7 Å². The highest BCUT2D eigenvalue weighted by Crippen LogP contribution is 2.27.